The minimum absolute atomic E-state index is 0.167. The molecule has 0 aliphatic carbocycles. The van der Waals surface area contributed by atoms with Crippen molar-refractivity contribution in [2.45, 2.75) is 32.2 Å². The van der Waals surface area contributed by atoms with Crippen LogP contribution in [0, 0.1) is 10.1 Å². The molecule has 0 bridgehead atoms. The van der Waals surface area contributed by atoms with Crippen LogP contribution in [0.3, 0.4) is 0 Å². The number of benzene rings is 1. The number of carbonyl (C=O) groups excluding carboxylic acids is 1. The van der Waals surface area contributed by atoms with E-state index >= 15 is 0 Å². The van der Waals surface area contributed by atoms with Gasteiger partial charge in [-0.05, 0) is 38.4 Å². The van der Waals surface area contributed by atoms with Gasteiger partial charge in [-0.2, -0.15) is 0 Å². The van der Waals surface area contributed by atoms with E-state index in [0.29, 0.717) is 11.8 Å². The molecule has 1 aliphatic rings. The summed E-state index contributed by atoms with van der Waals surface area (Å²) in [5.41, 5.74) is 0.0276. The maximum atomic E-state index is 12.1. The Kier molecular flexibility index (Phi) is 5.32. The number of nitrogens with zero attached hydrogens (tertiary/aromatic N) is 2. The fourth-order valence-corrected chi connectivity index (χ4v) is 2.66. The second-order valence-electron chi connectivity index (χ2n) is 5.50. The van der Waals surface area contributed by atoms with Gasteiger partial charge in [-0.3, -0.25) is 19.8 Å². The molecule has 0 spiro atoms. The number of hydrogen-bond donors (Lipinski definition) is 1. The third kappa shape index (κ3) is 3.94. The van der Waals surface area contributed by atoms with Gasteiger partial charge in [-0.25, -0.2) is 0 Å². The van der Waals surface area contributed by atoms with Gasteiger partial charge in [0.05, 0.1) is 24.6 Å². The van der Waals surface area contributed by atoms with Gasteiger partial charge in [0.1, 0.15) is 11.4 Å². The van der Waals surface area contributed by atoms with Gasteiger partial charge in [0.25, 0.3) is 5.69 Å². The summed E-state index contributed by atoms with van der Waals surface area (Å²) in [6, 6.07) is 4.75. The number of likely N-dealkylation sites (tertiary alicyclic amines) is 1. The van der Waals surface area contributed by atoms with Crippen LogP contribution in [-0.2, 0) is 4.79 Å². The molecule has 1 unspecified atom stereocenters. The summed E-state index contributed by atoms with van der Waals surface area (Å²) in [6.07, 6.45) is 3.35. The molecule has 0 saturated carbocycles. The summed E-state index contributed by atoms with van der Waals surface area (Å²) in [5, 5.41) is 13.7. The highest BCUT2D eigenvalue weighted by Gasteiger charge is 2.22. The molecule has 22 heavy (non-hydrogen) atoms. The first kappa shape index (κ1) is 16.2. The lowest BCUT2D eigenvalue weighted by molar-refractivity contribution is -0.384. The first-order valence-electron chi connectivity index (χ1n) is 7.37. The number of carbonyl (C=O) groups is 1. The number of nitro groups is 1. The summed E-state index contributed by atoms with van der Waals surface area (Å²) in [7, 11) is 1.44. The lowest BCUT2D eigenvalue weighted by atomic mass is 10.0. The van der Waals surface area contributed by atoms with E-state index in [2.05, 4.69) is 17.1 Å². The summed E-state index contributed by atoms with van der Waals surface area (Å²) in [4.78, 5) is 24.8. The first-order valence-corrected chi connectivity index (χ1v) is 7.37. The van der Waals surface area contributed by atoms with Crippen molar-refractivity contribution in [3.05, 3.63) is 28.3 Å². The molecule has 0 radical (unpaired) electrons. The predicted molar refractivity (Wildman–Crippen MR) is 83.2 cm³/mol. The molecule has 1 aliphatic heterocycles. The quantitative estimate of drug-likeness (QED) is 0.667. The van der Waals surface area contributed by atoms with Crippen LogP contribution in [0.1, 0.15) is 26.2 Å². The molecular formula is C15H21N3O4. The largest absolute Gasteiger partial charge is 0.496 e. The summed E-state index contributed by atoms with van der Waals surface area (Å²) in [6.45, 7) is 3.24. The van der Waals surface area contributed by atoms with Gasteiger partial charge in [0, 0.05) is 6.04 Å². The van der Waals surface area contributed by atoms with Gasteiger partial charge < -0.3 is 10.1 Å². The number of piperidine rings is 1. The van der Waals surface area contributed by atoms with Crippen molar-refractivity contribution in [1.29, 1.82) is 0 Å². The number of ether oxygens (including phenoxy) is 1. The second kappa shape index (κ2) is 7.22. The smallest absolute Gasteiger partial charge is 0.296 e. The van der Waals surface area contributed by atoms with Crippen LogP contribution in [0.2, 0.25) is 0 Å². The number of nitrogens with one attached hydrogen (secondary N) is 1. The molecule has 1 saturated heterocycles. The molecule has 7 heteroatoms. The second-order valence-corrected chi connectivity index (χ2v) is 5.50. The Morgan fingerprint density at radius 1 is 1.50 bits per heavy atom. The van der Waals surface area contributed by atoms with Crippen LogP contribution in [0.15, 0.2) is 18.2 Å². The van der Waals surface area contributed by atoms with Gasteiger partial charge in [0.2, 0.25) is 5.91 Å². The van der Waals surface area contributed by atoms with E-state index in [1.54, 1.807) is 6.07 Å². The minimum atomic E-state index is -0.526. The number of nitro benzene ring substituents is 1. The van der Waals surface area contributed by atoms with E-state index in [9.17, 15) is 14.9 Å². The van der Waals surface area contributed by atoms with Crippen molar-refractivity contribution in [3.8, 4) is 5.75 Å². The van der Waals surface area contributed by atoms with Crippen LogP contribution < -0.4 is 10.1 Å². The Hall–Kier alpha value is -2.15. The molecule has 120 valence electrons. The van der Waals surface area contributed by atoms with Crippen LogP contribution >= 0.6 is 0 Å². The Morgan fingerprint density at radius 3 is 2.91 bits per heavy atom. The van der Waals surface area contributed by atoms with Gasteiger partial charge in [-0.1, -0.05) is 6.42 Å². The third-order valence-corrected chi connectivity index (χ3v) is 3.96. The van der Waals surface area contributed by atoms with E-state index in [1.807, 2.05) is 0 Å². The lowest BCUT2D eigenvalue weighted by Crippen LogP contribution is -2.42. The zero-order valence-corrected chi connectivity index (χ0v) is 12.9. The minimum Gasteiger partial charge on any atom is -0.496 e. The van der Waals surface area contributed by atoms with Crippen molar-refractivity contribution in [2.24, 2.45) is 0 Å². The van der Waals surface area contributed by atoms with Crippen LogP contribution in [0.25, 0.3) is 0 Å². The fourth-order valence-electron chi connectivity index (χ4n) is 2.66. The maximum absolute atomic E-state index is 12.1. The fraction of sp³-hybridized carbons (Fsp3) is 0.533. The van der Waals surface area contributed by atoms with E-state index in [0.717, 1.165) is 19.4 Å². The molecule has 1 aromatic rings. The van der Waals surface area contributed by atoms with Crippen molar-refractivity contribution < 1.29 is 14.5 Å². The monoisotopic (exact) mass is 307 g/mol. The van der Waals surface area contributed by atoms with Gasteiger partial charge in [0.15, 0.2) is 0 Å². The molecule has 2 rings (SSSR count). The maximum Gasteiger partial charge on any atom is 0.296 e. The molecule has 1 amide bonds. The number of rotatable bonds is 5. The summed E-state index contributed by atoms with van der Waals surface area (Å²) in [5.74, 6) is 0.149. The molecule has 1 atom stereocenters. The highest BCUT2D eigenvalue weighted by Crippen LogP contribution is 2.29. The van der Waals surface area contributed by atoms with Gasteiger partial charge >= 0.3 is 0 Å². The predicted octanol–water partition coefficient (Wildman–Crippen LogP) is 2.42. The molecule has 1 fully saturated rings. The van der Waals surface area contributed by atoms with Gasteiger partial charge in [-0.15, -0.1) is 0 Å². The Bertz CT molecular complexity index is 562. The van der Waals surface area contributed by atoms with E-state index in [4.69, 9.17) is 4.74 Å². The highest BCUT2D eigenvalue weighted by molar-refractivity contribution is 5.94. The first-order chi connectivity index (χ1) is 10.5. The lowest BCUT2D eigenvalue weighted by Gasteiger charge is -2.32. The van der Waals surface area contributed by atoms with Crippen LogP contribution in [0.5, 0.6) is 5.75 Å². The summed E-state index contributed by atoms with van der Waals surface area (Å²) < 4.78 is 4.98. The zero-order valence-electron chi connectivity index (χ0n) is 12.9. The van der Waals surface area contributed by atoms with Crippen molar-refractivity contribution in [1.82, 2.24) is 4.90 Å². The summed E-state index contributed by atoms with van der Waals surface area (Å²) >= 11 is 0. The molecule has 7 nitrogen and oxygen atoms in total. The highest BCUT2D eigenvalue weighted by atomic mass is 16.6. The normalized spacial score (nSPS) is 18.7. The standard InChI is InChI=1S/C15H21N3O4/c1-11-5-3-4-8-17(11)10-15(19)16-13-7-6-12(22-2)9-14(13)18(20)21/h6-7,9,11H,3-5,8,10H2,1-2H3,(H,16,19). The average Bonchev–Trinajstić information content (AvgIpc) is 2.49. The van der Waals surface area contributed by atoms with Crippen LogP contribution in [0.4, 0.5) is 11.4 Å². The Labute approximate surface area is 129 Å². The topological polar surface area (TPSA) is 84.7 Å². The molecule has 1 aromatic carbocycles. The number of hydrogen-bond acceptors (Lipinski definition) is 5. The van der Waals surface area contributed by atoms with E-state index < -0.39 is 4.92 Å². The van der Waals surface area contributed by atoms with E-state index in [-0.39, 0.29) is 23.8 Å². The molecule has 0 aromatic heterocycles. The molecular weight excluding hydrogens is 286 g/mol. The van der Waals surface area contributed by atoms with Crippen molar-refractivity contribution in [2.75, 3.05) is 25.5 Å². The third-order valence-electron chi connectivity index (χ3n) is 3.96. The number of amides is 1. The van der Waals surface area contributed by atoms with E-state index in [1.165, 1.54) is 25.7 Å². The van der Waals surface area contributed by atoms with Crippen molar-refractivity contribution in [3.63, 3.8) is 0 Å². The van der Waals surface area contributed by atoms with Crippen LogP contribution in [-0.4, -0.2) is 42.0 Å². The zero-order chi connectivity index (χ0) is 16.1. The molecule has 1 N–H and O–H groups in total. The Balaban J connectivity index is 2.06. The molecule has 1 heterocycles. The Morgan fingerprint density at radius 2 is 2.27 bits per heavy atom. The average molecular weight is 307 g/mol. The number of anilines is 1. The van der Waals surface area contributed by atoms with Crippen molar-refractivity contribution >= 4 is 17.3 Å². The SMILES string of the molecule is COc1ccc(NC(=O)CN2CCCCC2C)c([N+](=O)[O-])c1. The number of methoxy groups -OCH3 is 1.